The zero-order chi connectivity index (χ0) is 18.4. The fourth-order valence-corrected chi connectivity index (χ4v) is 5.08. The van der Waals surface area contributed by atoms with E-state index in [1.165, 1.54) is 19.3 Å². The van der Waals surface area contributed by atoms with Gasteiger partial charge >= 0.3 is 0 Å². The Balaban J connectivity index is 1.56. The number of fused-ring (bicyclic) bond motifs is 4. The Morgan fingerprint density at radius 1 is 1.30 bits per heavy atom. The summed E-state index contributed by atoms with van der Waals surface area (Å²) in [6.45, 7) is 4.99. The van der Waals surface area contributed by atoms with Gasteiger partial charge in [-0.3, -0.25) is 4.79 Å². The Bertz CT molecular complexity index is 869. The van der Waals surface area contributed by atoms with Crippen molar-refractivity contribution in [3.8, 4) is 0 Å². The van der Waals surface area contributed by atoms with Crippen LogP contribution < -0.4 is 16.0 Å². The molecule has 5 rings (SSSR count). The zero-order valence-corrected chi connectivity index (χ0v) is 15.9. The minimum Gasteiger partial charge on any atom is -0.350 e. The molecule has 0 bridgehead atoms. The Kier molecular flexibility index (Phi) is 4.07. The van der Waals surface area contributed by atoms with Crippen LogP contribution in [0.15, 0.2) is 12.3 Å². The van der Waals surface area contributed by atoms with E-state index in [0.717, 1.165) is 49.1 Å². The third-order valence-electron chi connectivity index (χ3n) is 6.75. The molecular formula is C20H28N6O. The van der Waals surface area contributed by atoms with Gasteiger partial charge in [-0.2, -0.15) is 4.98 Å². The summed E-state index contributed by atoms with van der Waals surface area (Å²) in [5, 5.41) is 11.0. The predicted molar refractivity (Wildman–Crippen MR) is 105 cm³/mol. The van der Waals surface area contributed by atoms with Gasteiger partial charge in [0.05, 0.1) is 5.54 Å². The van der Waals surface area contributed by atoms with Crippen LogP contribution in [-0.2, 0) is 5.54 Å². The average molecular weight is 368 g/mol. The topological polar surface area (TPSA) is 83.9 Å². The van der Waals surface area contributed by atoms with Gasteiger partial charge in [0.25, 0.3) is 5.91 Å². The van der Waals surface area contributed by atoms with Crippen molar-refractivity contribution in [3.05, 3.63) is 18.0 Å². The maximum atomic E-state index is 12.5. The second-order valence-electron chi connectivity index (χ2n) is 8.53. The molecular weight excluding hydrogens is 340 g/mol. The molecule has 4 heterocycles. The lowest BCUT2D eigenvalue weighted by Crippen LogP contribution is -2.52. The summed E-state index contributed by atoms with van der Waals surface area (Å²) in [7, 11) is 0. The van der Waals surface area contributed by atoms with Crippen molar-refractivity contribution in [1.82, 2.24) is 25.2 Å². The number of amides is 1. The van der Waals surface area contributed by atoms with Gasteiger partial charge in [-0.05, 0) is 37.8 Å². The van der Waals surface area contributed by atoms with Crippen LogP contribution in [0.5, 0.6) is 0 Å². The standard InChI is InChI=1S/C20H28N6O/c1-13-5-8-21-11-15(13)24-19-22-10-14-9-16-18(27)23-12-20(6-3-2-4-7-20)26(16)17(14)25-19/h9-10,13,15,21H,2-8,11-12H2,1H3,(H,23,27)(H,22,24,25). The molecule has 144 valence electrons. The van der Waals surface area contributed by atoms with E-state index in [4.69, 9.17) is 4.98 Å². The predicted octanol–water partition coefficient (Wildman–Crippen LogP) is 2.24. The molecule has 0 radical (unpaired) electrons. The van der Waals surface area contributed by atoms with Crippen LogP contribution in [0.25, 0.3) is 11.0 Å². The van der Waals surface area contributed by atoms with Gasteiger partial charge in [0.1, 0.15) is 11.3 Å². The molecule has 2 fully saturated rings. The normalized spacial score (nSPS) is 27.4. The van der Waals surface area contributed by atoms with Crippen LogP contribution in [0.2, 0.25) is 0 Å². The number of hydrogen-bond acceptors (Lipinski definition) is 5. The first-order chi connectivity index (χ1) is 13.2. The number of nitrogens with zero attached hydrogens (tertiary/aromatic N) is 3. The first kappa shape index (κ1) is 17.0. The van der Waals surface area contributed by atoms with Gasteiger partial charge in [0.15, 0.2) is 0 Å². The summed E-state index contributed by atoms with van der Waals surface area (Å²) < 4.78 is 2.23. The molecule has 1 aliphatic carbocycles. The summed E-state index contributed by atoms with van der Waals surface area (Å²) in [5.74, 6) is 1.26. The van der Waals surface area contributed by atoms with Crippen molar-refractivity contribution in [2.45, 2.75) is 57.0 Å². The summed E-state index contributed by atoms with van der Waals surface area (Å²) in [5.41, 5.74) is 1.60. The van der Waals surface area contributed by atoms with E-state index in [9.17, 15) is 4.79 Å². The number of carbonyl (C=O) groups excluding carboxylic acids is 1. The summed E-state index contributed by atoms with van der Waals surface area (Å²) in [4.78, 5) is 22.0. The zero-order valence-electron chi connectivity index (χ0n) is 15.9. The van der Waals surface area contributed by atoms with E-state index < -0.39 is 0 Å². The van der Waals surface area contributed by atoms with Gasteiger partial charge in [-0.25, -0.2) is 4.98 Å². The van der Waals surface area contributed by atoms with Gasteiger partial charge < -0.3 is 20.5 Å². The highest BCUT2D eigenvalue weighted by molar-refractivity contribution is 5.99. The summed E-state index contributed by atoms with van der Waals surface area (Å²) >= 11 is 0. The van der Waals surface area contributed by atoms with Crippen LogP contribution in [0.3, 0.4) is 0 Å². The summed E-state index contributed by atoms with van der Waals surface area (Å²) in [6.07, 6.45) is 8.90. The number of aromatic nitrogens is 3. The SMILES string of the molecule is CC1CCNCC1Nc1ncc2cc3n(c2n1)C1(CCCCC1)CNC3=O. The number of anilines is 1. The average Bonchev–Trinajstić information content (AvgIpc) is 3.08. The molecule has 1 saturated carbocycles. The van der Waals surface area contributed by atoms with Crippen molar-refractivity contribution in [2.24, 2.45) is 5.92 Å². The minimum atomic E-state index is -0.0332. The van der Waals surface area contributed by atoms with E-state index in [2.05, 4.69) is 32.4 Å². The number of piperidine rings is 1. The smallest absolute Gasteiger partial charge is 0.268 e. The molecule has 3 N–H and O–H groups in total. The van der Waals surface area contributed by atoms with Crippen LogP contribution in [0, 0.1) is 5.92 Å². The number of carbonyl (C=O) groups is 1. The van der Waals surface area contributed by atoms with E-state index in [0.29, 0.717) is 24.5 Å². The fourth-order valence-electron chi connectivity index (χ4n) is 5.08. The number of hydrogen-bond donors (Lipinski definition) is 3. The van der Waals surface area contributed by atoms with Crippen LogP contribution in [0.1, 0.15) is 55.9 Å². The van der Waals surface area contributed by atoms with Crippen LogP contribution >= 0.6 is 0 Å². The summed E-state index contributed by atoms with van der Waals surface area (Å²) in [6, 6.07) is 2.29. The second kappa shape index (κ2) is 6.48. The van der Waals surface area contributed by atoms with E-state index in [1.807, 2.05) is 12.3 Å². The quantitative estimate of drug-likeness (QED) is 0.757. The lowest BCUT2D eigenvalue weighted by molar-refractivity contribution is 0.0833. The monoisotopic (exact) mass is 368 g/mol. The maximum Gasteiger partial charge on any atom is 0.268 e. The third kappa shape index (κ3) is 2.79. The van der Waals surface area contributed by atoms with E-state index in [-0.39, 0.29) is 11.4 Å². The third-order valence-corrected chi connectivity index (χ3v) is 6.75. The number of rotatable bonds is 2. The van der Waals surface area contributed by atoms with Crippen molar-refractivity contribution in [1.29, 1.82) is 0 Å². The van der Waals surface area contributed by atoms with Crippen molar-refractivity contribution in [2.75, 3.05) is 25.0 Å². The molecule has 2 unspecified atom stereocenters. The highest BCUT2D eigenvalue weighted by Crippen LogP contribution is 2.40. The highest BCUT2D eigenvalue weighted by Gasteiger charge is 2.41. The van der Waals surface area contributed by atoms with Crippen molar-refractivity contribution in [3.63, 3.8) is 0 Å². The molecule has 7 heteroatoms. The van der Waals surface area contributed by atoms with E-state index in [1.54, 1.807) is 0 Å². The molecule has 3 aliphatic rings. The molecule has 1 amide bonds. The first-order valence-corrected chi connectivity index (χ1v) is 10.3. The highest BCUT2D eigenvalue weighted by atomic mass is 16.2. The first-order valence-electron chi connectivity index (χ1n) is 10.3. The number of nitrogens with one attached hydrogen (secondary N) is 3. The molecule has 2 aliphatic heterocycles. The van der Waals surface area contributed by atoms with Crippen molar-refractivity contribution < 1.29 is 4.79 Å². The fraction of sp³-hybridized carbons (Fsp3) is 0.650. The molecule has 1 saturated heterocycles. The second-order valence-corrected chi connectivity index (χ2v) is 8.53. The largest absolute Gasteiger partial charge is 0.350 e. The minimum absolute atomic E-state index is 0.00353. The Morgan fingerprint density at radius 3 is 2.96 bits per heavy atom. The Labute approximate surface area is 159 Å². The Hall–Kier alpha value is -2.15. The molecule has 2 aromatic rings. The van der Waals surface area contributed by atoms with Gasteiger partial charge in [-0.15, -0.1) is 0 Å². The van der Waals surface area contributed by atoms with Gasteiger partial charge in [0, 0.05) is 30.7 Å². The van der Waals surface area contributed by atoms with Crippen LogP contribution in [0.4, 0.5) is 5.95 Å². The molecule has 2 aromatic heterocycles. The van der Waals surface area contributed by atoms with Gasteiger partial charge in [0.2, 0.25) is 5.95 Å². The molecule has 27 heavy (non-hydrogen) atoms. The van der Waals surface area contributed by atoms with Crippen molar-refractivity contribution >= 4 is 22.9 Å². The lowest BCUT2D eigenvalue weighted by atomic mass is 9.80. The van der Waals surface area contributed by atoms with E-state index >= 15 is 0 Å². The molecule has 0 aromatic carbocycles. The lowest BCUT2D eigenvalue weighted by Gasteiger charge is -2.43. The maximum absolute atomic E-state index is 12.5. The molecule has 7 nitrogen and oxygen atoms in total. The van der Waals surface area contributed by atoms with Crippen LogP contribution in [-0.4, -0.2) is 46.1 Å². The Morgan fingerprint density at radius 2 is 2.15 bits per heavy atom. The van der Waals surface area contributed by atoms with Gasteiger partial charge in [-0.1, -0.05) is 26.2 Å². The molecule has 2 atom stereocenters. The molecule has 1 spiro atoms.